The number of hydrogen-bond donors (Lipinski definition) is 2. The molecule has 2 fully saturated rings. The molecule has 0 aromatic rings. The summed E-state index contributed by atoms with van der Waals surface area (Å²) in [5.74, 6) is -0.0855. The van der Waals surface area contributed by atoms with Gasteiger partial charge >= 0.3 is 0 Å². The Balaban J connectivity index is 1.66. The Kier molecular flexibility index (Phi) is 5.82. The molecule has 22 heavy (non-hydrogen) atoms. The van der Waals surface area contributed by atoms with E-state index < -0.39 is 5.54 Å². The zero-order chi connectivity index (χ0) is 16.2. The zero-order valence-electron chi connectivity index (χ0n) is 14.0. The van der Waals surface area contributed by atoms with Crippen LogP contribution in [0.2, 0.25) is 0 Å². The fraction of sp³-hybridized carbons (Fsp3) is 0.938. The first-order chi connectivity index (χ1) is 10.4. The van der Waals surface area contributed by atoms with E-state index in [4.69, 9.17) is 19.9 Å². The molecule has 0 aromatic carbocycles. The van der Waals surface area contributed by atoms with Gasteiger partial charge in [-0.05, 0) is 19.8 Å². The Hall–Kier alpha value is -0.690. The molecule has 6 heteroatoms. The molecule has 0 radical (unpaired) electrons. The molecular weight excluding hydrogens is 284 g/mol. The van der Waals surface area contributed by atoms with Gasteiger partial charge in [-0.2, -0.15) is 0 Å². The molecule has 128 valence electrons. The Labute approximate surface area is 133 Å². The number of rotatable bonds is 8. The molecule has 0 bridgehead atoms. The van der Waals surface area contributed by atoms with Crippen LogP contribution in [0.5, 0.6) is 0 Å². The average molecular weight is 314 g/mol. The second-order valence-electron chi connectivity index (χ2n) is 6.81. The Morgan fingerprint density at radius 2 is 2.18 bits per heavy atom. The number of hydrogen-bond acceptors (Lipinski definition) is 5. The Morgan fingerprint density at radius 3 is 2.77 bits per heavy atom. The smallest absolute Gasteiger partial charge is 0.240 e. The molecule has 1 saturated heterocycles. The van der Waals surface area contributed by atoms with Crippen molar-refractivity contribution in [2.24, 2.45) is 11.1 Å². The number of carbonyl (C=O) groups excluding carboxylic acids is 1. The van der Waals surface area contributed by atoms with E-state index in [0.29, 0.717) is 32.8 Å². The van der Waals surface area contributed by atoms with Crippen LogP contribution in [0.1, 0.15) is 40.0 Å². The van der Waals surface area contributed by atoms with Crippen LogP contribution in [0.3, 0.4) is 0 Å². The third-order valence-electron chi connectivity index (χ3n) is 5.08. The monoisotopic (exact) mass is 314 g/mol. The SMILES string of the molecule is CCOC1CC(N)(C(=O)NCCCOC2CCOC2)C1(C)C. The van der Waals surface area contributed by atoms with Gasteiger partial charge in [0.05, 0.1) is 18.8 Å². The summed E-state index contributed by atoms with van der Waals surface area (Å²) in [4.78, 5) is 12.4. The van der Waals surface area contributed by atoms with Gasteiger partial charge in [0.25, 0.3) is 0 Å². The van der Waals surface area contributed by atoms with E-state index in [1.165, 1.54) is 0 Å². The van der Waals surface area contributed by atoms with Gasteiger partial charge in [-0.25, -0.2) is 0 Å². The van der Waals surface area contributed by atoms with Crippen molar-refractivity contribution < 1.29 is 19.0 Å². The highest BCUT2D eigenvalue weighted by Crippen LogP contribution is 2.49. The van der Waals surface area contributed by atoms with Gasteiger partial charge in [-0.3, -0.25) is 4.79 Å². The lowest BCUT2D eigenvalue weighted by Gasteiger charge is -2.57. The molecule has 2 rings (SSSR count). The number of carbonyl (C=O) groups is 1. The quantitative estimate of drug-likeness (QED) is 0.649. The molecule has 0 aromatic heterocycles. The number of nitrogens with one attached hydrogen (secondary N) is 1. The fourth-order valence-electron chi connectivity index (χ4n) is 3.15. The Morgan fingerprint density at radius 1 is 1.41 bits per heavy atom. The fourth-order valence-corrected chi connectivity index (χ4v) is 3.15. The first kappa shape index (κ1) is 17.7. The van der Waals surface area contributed by atoms with Crippen molar-refractivity contribution in [2.75, 3.05) is 33.0 Å². The van der Waals surface area contributed by atoms with Gasteiger partial charge in [-0.15, -0.1) is 0 Å². The summed E-state index contributed by atoms with van der Waals surface area (Å²) in [6.45, 7) is 9.30. The molecule has 3 unspecified atom stereocenters. The first-order valence-corrected chi connectivity index (χ1v) is 8.30. The maximum absolute atomic E-state index is 12.4. The van der Waals surface area contributed by atoms with E-state index in [0.717, 1.165) is 19.4 Å². The maximum Gasteiger partial charge on any atom is 0.240 e. The number of ether oxygens (including phenoxy) is 3. The minimum absolute atomic E-state index is 0.0546. The van der Waals surface area contributed by atoms with Gasteiger partial charge in [-0.1, -0.05) is 13.8 Å². The largest absolute Gasteiger partial charge is 0.379 e. The Bertz CT molecular complexity index is 382. The molecule has 1 amide bonds. The predicted octanol–water partition coefficient (Wildman–Crippen LogP) is 0.831. The summed E-state index contributed by atoms with van der Waals surface area (Å²) in [5, 5.41) is 2.94. The van der Waals surface area contributed by atoms with Gasteiger partial charge in [0.15, 0.2) is 0 Å². The van der Waals surface area contributed by atoms with Gasteiger partial charge in [0.2, 0.25) is 5.91 Å². The minimum atomic E-state index is -0.840. The highest BCUT2D eigenvalue weighted by molar-refractivity contribution is 5.88. The van der Waals surface area contributed by atoms with Gasteiger partial charge in [0.1, 0.15) is 5.54 Å². The second kappa shape index (κ2) is 7.25. The van der Waals surface area contributed by atoms with Crippen molar-refractivity contribution in [1.82, 2.24) is 5.32 Å². The standard InChI is InChI=1S/C16H30N2O4/c1-4-21-13-10-16(17,15(13,2)3)14(19)18-7-5-8-22-12-6-9-20-11-12/h12-13H,4-11,17H2,1-3H3,(H,18,19). The lowest BCUT2D eigenvalue weighted by atomic mass is 9.54. The molecule has 3 N–H and O–H groups in total. The van der Waals surface area contributed by atoms with Crippen LogP contribution in [0.4, 0.5) is 0 Å². The number of nitrogens with two attached hydrogens (primary N) is 1. The van der Waals surface area contributed by atoms with Crippen LogP contribution < -0.4 is 11.1 Å². The topological polar surface area (TPSA) is 82.8 Å². The van der Waals surface area contributed by atoms with E-state index >= 15 is 0 Å². The van der Waals surface area contributed by atoms with Crippen molar-refractivity contribution in [1.29, 1.82) is 0 Å². The molecule has 2 aliphatic rings. The summed E-state index contributed by atoms with van der Waals surface area (Å²) in [6.07, 6.45) is 2.60. The van der Waals surface area contributed by atoms with Crippen molar-refractivity contribution in [3.63, 3.8) is 0 Å². The van der Waals surface area contributed by atoms with Crippen LogP contribution in [0.15, 0.2) is 0 Å². The lowest BCUT2D eigenvalue weighted by Crippen LogP contribution is -2.75. The third-order valence-corrected chi connectivity index (χ3v) is 5.08. The van der Waals surface area contributed by atoms with Crippen LogP contribution >= 0.6 is 0 Å². The van der Waals surface area contributed by atoms with Crippen LogP contribution in [-0.2, 0) is 19.0 Å². The summed E-state index contributed by atoms with van der Waals surface area (Å²) < 4.78 is 16.6. The van der Waals surface area contributed by atoms with Crippen LogP contribution in [0.25, 0.3) is 0 Å². The van der Waals surface area contributed by atoms with Gasteiger partial charge < -0.3 is 25.3 Å². The molecular formula is C16H30N2O4. The average Bonchev–Trinajstić information content (AvgIpc) is 2.99. The highest BCUT2D eigenvalue weighted by Gasteiger charge is 2.62. The molecule has 6 nitrogen and oxygen atoms in total. The lowest BCUT2D eigenvalue weighted by molar-refractivity contribution is -0.170. The van der Waals surface area contributed by atoms with Crippen LogP contribution in [-0.4, -0.2) is 56.6 Å². The van der Waals surface area contributed by atoms with Crippen molar-refractivity contribution >= 4 is 5.91 Å². The van der Waals surface area contributed by atoms with E-state index in [-0.39, 0.29) is 23.5 Å². The highest BCUT2D eigenvalue weighted by atomic mass is 16.5. The van der Waals surface area contributed by atoms with E-state index in [1.54, 1.807) is 0 Å². The summed E-state index contributed by atoms with van der Waals surface area (Å²) >= 11 is 0. The second-order valence-corrected chi connectivity index (χ2v) is 6.81. The molecule has 0 spiro atoms. The summed E-state index contributed by atoms with van der Waals surface area (Å²) in [7, 11) is 0. The minimum Gasteiger partial charge on any atom is -0.379 e. The zero-order valence-corrected chi connectivity index (χ0v) is 14.0. The van der Waals surface area contributed by atoms with Gasteiger partial charge in [0, 0.05) is 38.2 Å². The number of amides is 1. The molecule has 1 aliphatic carbocycles. The molecule has 3 atom stereocenters. The normalized spacial score (nSPS) is 33.5. The van der Waals surface area contributed by atoms with E-state index in [2.05, 4.69) is 5.32 Å². The summed E-state index contributed by atoms with van der Waals surface area (Å²) in [5.41, 5.74) is 5.14. The van der Waals surface area contributed by atoms with E-state index in [1.807, 2.05) is 20.8 Å². The molecule has 1 heterocycles. The van der Waals surface area contributed by atoms with Crippen LogP contribution in [0, 0.1) is 5.41 Å². The van der Waals surface area contributed by atoms with Crippen molar-refractivity contribution in [2.45, 2.75) is 57.8 Å². The molecule has 1 saturated carbocycles. The van der Waals surface area contributed by atoms with Crippen molar-refractivity contribution in [3.05, 3.63) is 0 Å². The maximum atomic E-state index is 12.4. The van der Waals surface area contributed by atoms with E-state index in [9.17, 15) is 4.79 Å². The third kappa shape index (κ3) is 3.45. The first-order valence-electron chi connectivity index (χ1n) is 8.30. The predicted molar refractivity (Wildman–Crippen MR) is 83.5 cm³/mol. The molecule has 1 aliphatic heterocycles. The van der Waals surface area contributed by atoms with Crippen molar-refractivity contribution in [3.8, 4) is 0 Å². The summed E-state index contributed by atoms with van der Waals surface area (Å²) in [6, 6.07) is 0.